The Morgan fingerprint density at radius 1 is 1.64 bits per heavy atom. The molecule has 2 N–H and O–H groups in total. The molecule has 2 aromatic rings. The molecule has 1 aliphatic heterocycles. The summed E-state index contributed by atoms with van der Waals surface area (Å²) >= 11 is 6.08. The van der Waals surface area contributed by atoms with Crippen LogP contribution in [0.4, 0.5) is 5.69 Å². The number of amides is 1. The molecule has 0 aliphatic carbocycles. The Morgan fingerprint density at radius 3 is 3.09 bits per heavy atom. The maximum absolute atomic E-state index is 12.0. The first kappa shape index (κ1) is 14.9. The van der Waals surface area contributed by atoms with E-state index in [0.717, 1.165) is 13.0 Å². The molecular weight excluding hydrogens is 306 g/mol. The number of furan rings is 1. The number of nitrogens with one attached hydrogen (secondary N) is 2. The lowest BCUT2D eigenvalue weighted by atomic mass is 10.1. The van der Waals surface area contributed by atoms with Gasteiger partial charge in [0.2, 0.25) is 0 Å². The van der Waals surface area contributed by atoms with Crippen molar-refractivity contribution < 1.29 is 13.9 Å². The third-order valence-corrected chi connectivity index (χ3v) is 3.77. The number of hydrogen-bond donors (Lipinski definition) is 2. The Bertz CT molecular complexity index is 669. The van der Waals surface area contributed by atoms with E-state index in [1.165, 1.54) is 6.26 Å². The number of pyridine rings is 1. The zero-order chi connectivity index (χ0) is 15.5. The number of nitrogens with zero attached hydrogens (tertiary/aromatic N) is 1. The van der Waals surface area contributed by atoms with Crippen LogP contribution in [-0.4, -0.2) is 30.1 Å². The van der Waals surface area contributed by atoms with E-state index in [-0.39, 0.29) is 16.8 Å². The van der Waals surface area contributed by atoms with Gasteiger partial charge in [-0.15, -0.1) is 0 Å². The van der Waals surface area contributed by atoms with E-state index in [1.807, 2.05) is 6.92 Å². The van der Waals surface area contributed by atoms with Crippen molar-refractivity contribution in [3.05, 3.63) is 41.1 Å². The summed E-state index contributed by atoms with van der Waals surface area (Å²) in [5.74, 6) is 0.426. The van der Waals surface area contributed by atoms with Crippen LogP contribution < -0.4 is 15.4 Å². The maximum atomic E-state index is 12.0. The fraction of sp³-hybridized carbons (Fsp3) is 0.333. The lowest BCUT2D eigenvalue weighted by molar-refractivity contribution is 0.0996. The number of rotatable bonds is 5. The van der Waals surface area contributed by atoms with Crippen LogP contribution in [0.1, 0.15) is 22.7 Å². The predicted molar refractivity (Wildman–Crippen MR) is 82.5 cm³/mol. The van der Waals surface area contributed by atoms with Gasteiger partial charge in [-0.2, -0.15) is 0 Å². The Morgan fingerprint density at radius 2 is 2.45 bits per heavy atom. The molecule has 0 aromatic carbocycles. The third-order valence-electron chi connectivity index (χ3n) is 3.48. The predicted octanol–water partition coefficient (Wildman–Crippen LogP) is 2.63. The molecule has 1 atom stereocenters. The second-order valence-corrected chi connectivity index (χ2v) is 5.45. The van der Waals surface area contributed by atoms with Crippen molar-refractivity contribution in [3.63, 3.8) is 0 Å². The second-order valence-electron chi connectivity index (χ2n) is 5.09. The number of ether oxygens (including phenoxy) is 1. The number of carbonyl (C=O) groups is 1. The number of halogens is 1. The summed E-state index contributed by atoms with van der Waals surface area (Å²) in [6.07, 6.45) is 2.53. The second kappa shape index (κ2) is 6.37. The molecule has 7 heteroatoms. The molecule has 3 rings (SSSR count). The molecule has 0 saturated carbocycles. The largest absolute Gasteiger partial charge is 0.490 e. The SMILES string of the molecule is Cc1nc(Cl)c(NC(=O)c2ccco2)cc1OC[C@@H]1CCN1. The molecule has 1 amide bonds. The van der Waals surface area contributed by atoms with Gasteiger partial charge in [-0.3, -0.25) is 4.79 Å². The van der Waals surface area contributed by atoms with Crippen molar-refractivity contribution >= 4 is 23.2 Å². The average molecular weight is 322 g/mol. The first-order chi connectivity index (χ1) is 10.6. The van der Waals surface area contributed by atoms with Crippen LogP contribution in [0.5, 0.6) is 5.75 Å². The van der Waals surface area contributed by atoms with Crippen molar-refractivity contribution in [2.24, 2.45) is 0 Å². The highest BCUT2D eigenvalue weighted by atomic mass is 35.5. The van der Waals surface area contributed by atoms with E-state index < -0.39 is 0 Å². The van der Waals surface area contributed by atoms with Gasteiger partial charge in [0.25, 0.3) is 5.91 Å². The number of aromatic nitrogens is 1. The van der Waals surface area contributed by atoms with E-state index in [0.29, 0.717) is 29.8 Å². The smallest absolute Gasteiger partial charge is 0.291 e. The fourth-order valence-electron chi connectivity index (χ4n) is 2.06. The zero-order valence-corrected chi connectivity index (χ0v) is 12.8. The van der Waals surface area contributed by atoms with Crippen LogP contribution in [0.25, 0.3) is 0 Å². The summed E-state index contributed by atoms with van der Waals surface area (Å²) in [4.78, 5) is 16.2. The van der Waals surface area contributed by atoms with Crippen molar-refractivity contribution in [1.82, 2.24) is 10.3 Å². The summed E-state index contributed by atoms with van der Waals surface area (Å²) < 4.78 is 10.8. The molecule has 0 unspecified atom stereocenters. The monoisotopic (exact) mass is 321 g/mol. The minimum Gasteiger partial charge on any atom is -0.490 e. The minimum atomic E-state index is -0.385. The fourth-order valence-corrected chi connectivity index (χ4v) is 2.29. The molecule has 1 aliphatic rings. The molecule has 0 bridgehead atoms. The van der Waals surface area contributed by atoms with Gasteiger partial charge in [0.15, 0.2) is 10.9 Å². The van der Waals surface area contributed by atoms with Crippen LogP contribution in [-0.2, 0) is 0 Å². The Labute approximate surface area is 132 Å². The zero-order valence-electron chi connectivity index (χ0n) is 12.1. The van der Waals surface area contributed by atoms with Crippen LogP contribution >= 0.6 is 11.6 Å². The molecule has 1 saturated heterocycles. The van der Waals surface area contributed by atoms with E-state index >= 15 is 0 Å². The molecule has 3 heterocycles. The van der Waals surface area contributed by atoms with Crippen molar-refractivity contribution in [2.75, 3.05) is 18.5 Å². The van der Waals surface area contributed by atoms with Gasteiger partial charge in [-0.25, -0.2) is 4.98 Å². The Balaban J connectivity index is 1.73. The normalized spacial score (nSPS) is 16.9. The molecule has 1 fully saturated rings. The number of hydrogen-bond acceptors (Lipinski definition) is 5. The van der Waals surface area contributed by atoms with E-state index in [9.17, 15) is 4.79 Å². The molecule has 6 nitrogen and oxygen atoms in total. The van der Waals surface area contributed by atoms with Gasteiger partial charge in [0.05, 0.1) is 17.6 Å². The van der Waals surface area contributed by atoms with Crippen LogP contribution in [0.2, 0.25) is 5.15 Å². The summed E-state index contributed by atoms with van der Waals surface area (Å²) in [6.45, 7) is 3.40. The standard InChI is InChI=1S/C15H16ClN3O3/c1-9-13(22-8-10-4-5-17-10)7-11(14(16)18-9)19-15(20)12-3-2-6-21-12/h2-3,6-7,10,17H,4-5,8H2,1H3,(H,19,20)/t10-/m0/s1. The quantitative estimate of drug-likeness (QED) is 0.828. The molecule has 0 spiro atoms. The summed E-state index contributed by atoms with van der Waals surface area (Å²) in [7, 11) is 0. The van der Waals surface area contributed by atoms with Gasteiger partial charge in [0.1, 0.15) is 12.4 Å². The van der Waals surface area contributed by atoms with Crippen molar-refractivity contribution in [2.45, 2.75) is 19.4 Å². The third kappa shape index (κ3) is 3.23. The number of anilines is 1. The van der Waals surface area contributed by atoms with Gasteiger partial charge in [-0.1, -0.05) is 11.6 Å². The lowest BCUT2D eigenvalue weighted by Gasteiger charge is -2.27. The van der Waals surface area contributed by atoms with E-state index in [1.54, 1.807) is 18.2 Å². The van der Waals surface area contributed by atoms with Crippen molar-refractivity contribution in [3.8, 4) is 5.75 Å². The van der Waals surface area contributed by atoms with Crippen LogP contribution in [0.15, 0.2) is 28.9 Å². The molecule has 116 valence electrons. The highest BCUT2D eigenvalue weighted by Gasteiger charge is 2.19. The van der Waals surface area contributed by atoms with Gasteiger partial charge < -0.3 is 19.8 Å². The first-order valence-electron chi connectivity index (χ1n) is 7.01. The molecule has 22 heavy (non-hydrogen) atoms. The van der Waals surface area contributed by atoms with Crippen LogP contribution in [0.3, 0.4) is 0 Å². The molecular formula is C15H16ClN3O3. The Hall–Kier alpha value is -2.05. The van der Waals surface area contributed by atoms with E-state index in [4.69, 9.17) is 20.8 Å². The van der Waals surface area contributed by atoms with Gasteiger partial charge in [-0.05, 0) is 32.0 Å². The summed E-state index contributed by atoms with van der Waals surface area (Å²) in [6, 6.07) is 5.27. The summed E-state index contributed by atoms with van der Waals surface area (Å²) in [5, 5.41) is 6.15. The van der Waals surface area contributed by atoms with E-state index in [2.05, 4.69) is 15.6 Å². The minimum absolute atomic E-state index is 0.206. The number of aryl methyl sites for hydroxylation is 1. The van der Waals surface area contributed by atoms with Crippen molar-refractivity contribution in [1.29, 1.82) is 0 Å². The first-order valence-corrected chi connectivity index (χ1v) is 7.39. The Kier molecular flexibility index (Phi) is 4.31. The maximum Gasteiger partial charge on any atom is 0.291 e. The highest BCUT2D eigenvalue weighted by Crippen LogP contribution is 2.28. The number of carbonyl (C=O) groups excluding carboxylic acids is 1. The van der Waals surface area contributed by atoms with Gasteiger partial charge >= 0.3 is 0 Å². The van der Waals surface area contributed by atoms with Gasteiger partial charge in [0, 0.05) is 12.1 Å². The van der Waals surface area contributed by atoms with Crippen LogP contribution in [0, 0.1) is 6.92 Å². The lowest BCUT2D eigenvalue weighted by Crippen LogP contribution is -2.46. The average Bonchev–Trinajstić information content (AvgIpc) is 2.95. The molecule has 2 aromatic heterocycles. The topological polar surface area (TPSA) is 76.4 Å². The molecule has 0 radical (unpaired) electrons. The highest BCUT2D eigenvalue weighted by molar-refractivity contribution is 6.32. The summed E-state index contributed by atoms with van der Waals surface area (Å²) in [5.41, 5.74) is 1.07.